The summed E-state index contributed by atoms with van der Waals surface area (Å²) in [5.41, 5.74) is 1.13. The van der Waals surface area contributed by atoms with Crippen molar-refractivity contribution < 1.29 is 9.53 Å². The van der Waals surface area contributed by atoms with Crippen molar-refractivity contribution >= 4 is 27.7 Å². The Kier molecular flexibility index (Phi) is 5.67. The van der Waals surface area contributed by atoms with Gasteiger partial charge in [-0.3, -0.25) is 19.1 Å². The Hall–Kier alpha value is -4.18. The number of pyridine rings is 1. The highest BCUT2D eigenvalue weighted by Crippen LogP contribution is 2.22. The minimum absolute atomic E-state index is 0.115. The van der Waals surface area contributed by atoms with Crippen LogP contribution in [0.15, 0.2) is 71.9 Å². The first-order valence-corrected chi connectivity index (χ1v) is 9.35. The Morgan fingerprint density at radius 2 is 1.90 bits per heavy atom. The number of para-hydroxylation sites is 2. The van der Waals surface area contributed by atoms with Crippen LogP contribution in [0.5, 0.6) is 5.75 Å². The molecule has 0 aliphatic carbocycles. The van der Waals surface area contributed by atoms with Gasteiger partial charge in [-0.1, -0.05) is 42.2 Å². The highest BCUT2D eigenvalue weighted by Gasteiger charge is 2.07. The molecule has 2 aromatic carbocycles. The molecule has 0 spiro atoms. The second kappa shape index (κ2) is 8.88. The fraction of sp³-hybridized carbons (Fsp3) is 0.130. The van der Waals surface area contributed by atoms with Crippen LogP contribution in [0.1, 0.15) is 0 Å². The number of carbonyl (C=O) groups is 1. The minimum Gasteiger partial charge on any atom is -0.479 e. The lowest BCUT2D eigenvalue weighted by Crippen LogP contribution is -2.32. The molecule has 0 atom stereocenters. The first-order valence-electron chi connectivity index (χ1n) is 9.35. The summed E-state index contributed by atoms with van der Waals surface area (Å²) in [7, 11) is 0. The van der Waals surface area contributed by atoms with Crippen LogP contribution in [0.2, 0.25) is 0 Å². The molecule has 0 radical (unpaired) electrons. The molecule has 0 saturated carbocycles. The van der Waals surface area contributed by atoms with Crippen LogP contribution in [-0.2, 0) is 11.3 Å². The van der Waals surface area contributed by atoms with Crippen molar-refractivity contribution in [2.45, 2.75) is 6.54 Å². The van der Waals surface area contributed by atoms with Gasteiger partial charge in [-0.15, -0.1) is 0 Å². The molecule has 1 N–H and O–H groups in total. The number of hydrogen-bond acceptors (Lipinski definition) is 5. The highest BCUT2D eigenvalue weighted by atomic mass is 16.5. The summed E-state index contributed by atoms with van der Waals surface area (Å²) in [5.74, 6) is 6.04. The number of nitrogens with zero attached hydrogens (tertiary/aromatic N) is 3. The number of ether oxygens (including phenoxy) is 1. The van der Waals surface area contributed by atoms with Crippen molar-refractivity contribution in [1.82, 2.24) is 19.9 Å². The fourth-order valence-corrected chi connectivity index (χ4v) is 2.99. The second-order valence-electron chi connectivity index (χ2n) is 6.45. The Labute approximate surface area is 172 Å². The van der Waals surface area contributed by atoms with Gasteiger partial charge in [-0.25, -0.2) is 4.98 Å². The van der Waals surface area contributed by atoms with E-state index in [2.05, 4.69) is 27.1 Å². The number of rotatable bonds is 5. The smallest absolute Gasteiger partial charge is 0.261 e. The quantitative estimate of drug-likeness (QED) is 0.521. The third-order valence-electron chi connectivity index (χ3n) is 4.44. The highest BCUT2D eigenvalue weighted by molar-refractivity contribution is 5.84. The largest absolute Gasteiger partial charge is 0.479 e. The van der Waals surface area contributed by atoms with Gasteiger partial charge >= 0.3 is 0 Å². The molecule has 30 heavy (non-hydrogen) atoms. The van der Waals surface area contributed by atoms with Crippen molar-refractivity contribution in [2.24, 2.45) is 0 Å². The zero-order valence-electron chi connectivity index (χ0n) is 16.0. The summed E-state index contributed by atoms with van der Waals surface area (Å²) in [6.07, 6.45) is 3.09. The lowest BCUT2D eigenvalue weighted by atomic mass is 10.2. The van der Waals surface area contributed by atoms with Crippen LogP contribution >= 0.6 is 0 Å². The molecule has 2 heterocycles. The lowest BCUT2D eigenvalue weighted by Gasteiger charge is -2.06. The van der Waals surface area contributed by atoms with Crippen LogP contribution < -0.4 is 15.6 Å². The molecule has 7 heteroatoms. The van der Waals surface area contributed by atoms with Gasteiger partial charge in [0, 0.05) is 11.6 Å². The summed E-state index contributed by atoms with van der Waals surface area (Å²) in [6, 6.07) is 16.6. The molecular weight excluding hydrogens is 380 g/mol. The Morgan fingerprint density at radius 1 is 1.03 bits per heavy atom. The van der Waals surface area contributed by atoms with E-state index in [9.17, 15) is 9.59 Å². The maximum Gasteiger partial charge on any atom is 0.261 e. The van der Waals surface area contributed by atoms with Crippen LogP contribution in [0.3, 0.4) is 0 Å². The standard InChI is InChI=1S/C23H18N4O3/c28-21(15-27-16-26-19-10-2-1-9-18(19)23(27)29)24-12-3-4-14-30-20-11-5-7-17-8-6-13-25-22(17)20/h1-2,5-11,13,16H,12,14-15H2,(H,24,28). The first kappa shape index (κ1) is 19.2. The van der Waals surface area contributed by atoms with Crippen molar-refractivity contribution in [2.75, 3.05) is 13.2 Å². The Balaban J connectivity index is 1.29. The average Bonchev–Trinajstić information content (AvgIpc) is 2.78. The number of hydrogen-bond donors (Lipinski definition) is 1. The molecule has 148 valence electrons. The van der Waals surface area contributed by atoms with Gasteiger partial charge in [-0.05, 0) is 24.3 Å². The molecule has 0 saturated heterocycles. The number of amides is 1. The summed E-state index contributed by atoms with van der Waals surface area (Å²) in [6.45, 7) is 0.224. The van der Waals surface area contributed by atoms with Gasteiger partial charge in [0.1, 0.15) is 24.4 Å². The normalized spacial score (nSPS) is 10.4. The molecule has 2 aromatic heterocycles. The molecule has 0 bridgehead atoms. The van der Waals surface area contributed by atoms with Crippen LogP contribution in [0.4, 0.5) is 0 Å². The zero-order valence-corrected chi connectivity index (χ0v) is 16.0. The summed E-state index contributed by atoms with van der Waals surface area (Å²) in [5, 5.41) is 4.14. The predicted octanol–water partition coefficient (Wildman–Crippen LogP) is 2.14. The van der Waals surface area contributed by atoms with Gasteiger partial charge in [0.05, 0.1) is 23.8 Å². The van der Waals surface area contributed by atoms with E-state index in [0.29, 0.717) is 16.7 Å². The molecule has 0 aliphatic heterocycles. The molecule has 0 aliphatic rings. The molecule has 1 amide bonds. The van der Waals surface area contributed by atoms with Gasteiger partial charge in [0.2, 0.25) is 5.91 Å². The van der Waals surface area contributed by atoms with E-state index in [4.69, 9.17) is 4.74 Å². The number of carbonyl (C=O) groups excluding carboxylic acids is 1. The Morgan fingerprint density at radius 3 is 2.83 bits per heavy atom. The van der Waals surface area contributed by atoms with E-state index in [1.54, 1.807) is 24.4 Å². The van der Waals surface area contributed by atoms with E-state index in [1.165, 1.54) is 10.9 Å². The number of benzene rings is 2. The molecule has 4 rings (SSSR count). The predicted molar refractivity (Wildman–Crippen MR) is 114 cm³/mol. The van der Waals surface area contributed by atoms with E-state index < -0.39 is 0 Å². The molecule has 7 nitrogen and oxygen atoms in total. The topological polar surface area (TPSA) is 86.1 Å². The lowest BCUT2D eigenvalue weighted by molar-refractivity contribution is -0.121. The van der Waals surface area contributed by atoms with E-state index in [1.807, 2.05) is 36.4 Å². The van der Waals surface area contributed by atoms with E-state index in [0.717, 1.165) is 10.9 Å². The third-order valence-corrected chi connectivity index (χ3v) is 4.44. The number of fused-ring (bicyclic) bond motifs is 2. The first-order chi connectivity index (χ1) is 14.7. The molecule has 0 fully saturated rings. The molecule has 0 unspecified atom stereocenters. The maximum absolute atomic E-state index is 12.4. The van der Waals surface area contributed by atoms with E-state index in [-0.39, 0.29) is 31.2 Å². The third kappa shape index (κ3) is 4.28. The van der Waals surface area contributed by atoms with Crippen LogP contribution in [-0.4, -0.2) is 33.6 Å². The zero-order chi connectivity index (χ0) is 20.8. The summed E-state index contributed by atoms with van der Waals surface area (Å²) >= 11 is 0. The molecular formula is C23H18N4O3. The summed E-state index contributed by atoms with van der Waals surface area (Å²) in [4.78, 5) is 33.0. The van der Waals surface area contributed by atoms with Gasteiger partial charge in [0.25, 0.3) is 5.56 Å². The average molecular weight is 398 g/mol. The van der Waals surface area contributed by atoms with Crippen molar-refractivity contribution in [3.63, 3.8) is 0 Å². The van der Waals surface area contributed by atoms with Crippen molar-refractivity contribution in [3.8, 4) is 17.6 Å². The SMILES string of the molecule is O=C(Cn1cnc2ccccc2c1=O)NCC#CCOc1cccc2cccnc12. The fourth-order valence-electron chi connectivity index (χ4n) is 2.99. The maximum atomic E-state index is 12.4. The summed E-state index contributed by atoms with van der Waals surface area (Å²) < 4.78 is 6.96. The monoisotopic (exact) mass is 398 g/mol. The van der Waals surface area contributed by atoms with Gasteiger partial charge in [0.15, 0.2) is 0 Å². The van der Waals surface area contributed by atoms with Crippen molar-refractivity contribution in [3.05, 3.63) is 77.5 Å². The van der Waals surface area contributed by atoms with Gasteiger partial charge in [-0.2, -0.15) is 0 Å². The number of nitrogens with one attached hydrogen (secondary N) is 1. The molecule has 4 aromatic rings. The van der Waals surface area contributed by atoms with Crippen molar-refractivity contribution in [1.29, 1.82) is 0 Å². The minimum atomic E-state index is -0.317. The van der Waals surface area contributed by atoms with Crippen LogP contribution in [0.25, 0.3) is 21.8 Å². The second-order valence-corrected chi connectivity index (χ2v) is 6.45. The van der Waals surface area contributed by atoms with Gasteiger partial charge < -0.3 is 10.1 Å². The number of aromatic nitrogens is 3. The van der Waals surface area contributed by atoms with E-state index >= 15 is 0 Å². The Bertz CT molecular complexity index is 1330. The van der Waals surface area contributed by atoms with Crippen LogP contribution in [0, 0.1) is 11.8 Å².